The van der Waals surface area contributed by atoms with E-state index in [1.54, 1.807) is 11.3 Å². The molecule has 1 aromatic carbocycles. The van der Waals surface area contributed by atoms with Crippen molar-refractivity contribution in [3.05, 3.63) is 58.3 Å². The number of hydrogen-bond acceptors (Lipinski definition) is 4. The first-order chi connectivity index (χ1) is 14.8. The molecule has 1 fully saturated rings. The Hall–Kier alpha value is -1.89. The number of rotatable bonds is 11. The Labute approximate surface area is 185 Å². The van der Waals surface area contributed by atoms with Crippen molar-refractivity contribution >= 4 is 17.3 Å². The van der Waals surface area contributed by atoms with E-state index in [1.165, 1.54) is 10.4 Å². The van der Waals surface area contributed by atoms with Crippen molar-refractivity contribution in [1.82, 2.24) is 15.5 Å². The normalized spacial score (nSPS) is 16.0. The molecule has 3 rings (SSSR count). The molecule has 1 aromatic heterocycles. The molecule has 2 aromatic rings. The van der Waals surface area contributed by atoms with E-state index in [2.05, 4.69) is 75.3 Å². The summed E-state index contributed by atoms with van der Waals surface area (Å²) in [6.45, 7) is 8.77. The highest BCUT2D eigenvalue weighted by Crippen LogP contribution is 2.16. The standard InChI is InChI=1S/C24H36N4OS/c1-2-25-24(27-15-11-23-10-6-19-30-23)26-14-7-18-29-22-12-16-28(17-13-22)20-21-8-4-3-5-9-21/h3-6,8-10,19,22H,2,7,11-18,20H2,1H3,(H2,25,26,27). The van der Waals surface area contributed by atoms with Crippen LogP contribution in [0.1, 0.15) is 36.6 Å². The molecular formula is C24H36N4OS. The third kappa shape index (κ3) is 8.46. The van der Waals surface area contributed by atoms with E-state index in [-0.39, 0.29) is 0 Å². The summed E-state index contributed by atoms with van der Waals surface area (Å²) in [4.78, 5) is 8.62. The molecule has 1 saturated heterocycles. The summed E-state index contributed by atoms with van der Waals surface area (Å²) in [5, 5.41) is 8.87. The average Bonchev–Trinajstić information content (AvgIpc) is 3.29. The molecule has 0 aliphatic carbocycles. The molecular weight excluding hydrogens is 392 g/mol. The summed E-state index contributed by atoms with van der Waals surface area (Å²) in [6.07, 6.45) is 4.66. The predicted octanol–water partition coefficient (Wildman–Crippen LogP) is 3.92. The van der Waals surface area contributed by atoms with Crippen LogP contribution in [0, 0.1) is 0 Å². The van der Waals surface area contributed by atoms with Crippen LogP contribution in [0.4, 0.5) is 0 Å². The molecule has 5 nitrogen and oxygen atoms in total. The second-order valence-electron chi connectivity index (χ2n) is 7.70. The number of nitrogens with zero attached hydrogens (tertiary/aromatic N) is 2. The van der Waals surface area contributed by atoms with Crippen molar-refractivity contribution < 1.29 is 4.74 Å². The van der Waals surface area contributed by atoms with Crippen LogP contribution in [0.15, 0.2) is 52.8 Å². The monoisotopic (exact) mass is 428 g/mol. The van der Waals surface area contributed by atoms with E-state index in [9.17, 15) is 0 Å². The zero-order valence-electron chi connectivity index (χ0n) is 18.2. The summed E-state index contributed by atoms with van der Waals surface area (Å²) < 4.78 is 6.12. The van der Waals surface area contributed by atoms with E-state index in [0.29, 0.717) is 6.10 Å². The van der Waals surface area contributed by atoms with Crippen LogP contribution in [0.25, 0.3) is 0 Å². The van der Waals surface area contributed by atoms with E-state index in [1.807, 2.05) is 0 Å². The maximum Gasteiger partial charge on any atom is 0.191 e. The summed E-state index contributed by atoms with van der Waals surface area (Å²) in [5.74, 6) is 0.906. The lowest BCUT2D eigenvalue weighted by molar-refractivity contribution is 0.00566. The molecule has 30 heavy (non-hydrogen) atoms. The second kappa shape index (κ2) is 13.4. The second-order valence-corrected chi connectivity index (χ2v) is 8.73. The summed E-state index contributed by atoms with van der Waals surface area (Å²) in [7, 11) is 0. The number of hydrogen-bond donors (Lipinski definition) is 2. The fourth-order valence-corrected chi connectivity index (χ4v) is 4.39. The van der Waals surface area contributed by atoms with Crippen LogP contribution in [0.2, 0.25) is 0 Å². The van der Waals surface area contributed by atoms with Crippen molar-refractivity contribution in [3.8, 4) is 0 Å². The Morgan fingerprint density at radius 3 is 2.70 bits per heavy atom. The van der Waals surface area contributed by atoms with Crippen molar-refractivity contribution in [2.24, 2.45) is 4.99 Å². The van der Waals surface area contributed by atoms with Crippen LogP contribution in [0.3, 0.4) is 0 Å². The molecule has 6 heteroatoms. The van der Waals surface area contributed by atoms with Gasteiger partial charge in [-0.25, -0.2) is 0 Å². The minimum Gasteiger partial charge on any atom is -0.378 e. The van der Waals surface area contributed by atoms with Gasteiger partial charge >= 0.3 is 0 Å². The molecule has 0 spiro atoms. The zero-order chi connectivity index (χ0) is 20.9. The number of ether oxygens (including phenoxy) is 1. The number of thiophene rings is 1. The lowest BCUT2D eigenvalue weighted by Crippen LogP contribution is -2.38. The highest BCUT2D eigenvalue weighted by molar-refractivity contribution is 7.09. The van der Waals surface area contributed by atoms with Crippen LogP contribution in [-0.2, 0) is 17.7 Å². The first kappa shape index (κ1) is 22.8. The number of nitrogens with one attached hydrogen (secondary N) is 2. The maximum atomic E-state index is 6.12. The Morgan fingerprint density at radius 1 is 1.13 bits per heavy atom. The Morgan fingerprint density at radius 2 is 1.97 bits per heavy atom. The van der Waals surface area contributed by atoms with E-state index in [0.717, 1.165) is 77.5 Å². The van der Waals surface area contributed by atoms with E-state index in [4.69, 9.17) is 4.74 Å². The van der Waals surface area contributed by atoms with Crippen LogP contribution in [0.5, 0.6) is 0 Å². The van der Waals surface area contributed by atoms with E-state index >= 15 is 0 Å². The summed E-state index contributed by atoms with van der Waals surface area (Å²) >= 11 is 1.81. The number of aliphatic imine (C=N–C) groups is 1. The number of piperidine rings is 1. The van der Waals surface area contributed by atoms with E-state index < -0.39 is 0 Å². The van der Waals surface area contributed by atoms with Gasteiger partial charge in [0, 0.05) is 50.8 Å². The average molecular weight is 429 g/mol. The molecule has 0 amide bonds. The van der Waals surface area contributed by atoms with Gasteiger partial charge in [0.15, 0.2) is 5.96 Å². The van der Waals surface area contributed by atoms with Gasteiger partial charge in [-0.1, -0.05) is 36.4 Å². The third-order valence-corrected chi connectivity index (χ3v) is 6.23. The minimum atomic E-state index is 0.401. The molecule has 2 heterocycles. The van der Waals surface area contributed by atoms with Crippen molar-refractivity contribution in [3.63, 3.8) is 0 Å². The van der Waals surface area contributed by atoms with Crippen LogP contribution < -0.4 is 10.6 Å². The van der Waals surface area contributed by atoms with Gasteiger partial charge in [-0.2, -0.15) is 0 Å². The van der Waals surface area contributed by atoms with Gasteiger partial charge in [0.1, 0.15) is 0 Å². The SMILES string of the molecule is CCNC(=NCCCOC1CCN(Cc2ccccc2)CC1)NCCc1cccs1. The molecule has 0 saturated carbocycles. The molecule has 1 aliphatic heterocycles. The topological polar surface area (TPSA) is 48.9 Å². The Balaban J connectivity index is 1.26. The lowest BCUT2D eigenvalue weighted by Gasteiger charge is -2.31. The Kier molecular flexibility index (Phi) is 10.2. The maximum absolute atomic E-state index is 6.12. The summed E-state index contributed by atoms with van der Waals surface area (Å²) in [5.41, 5.74) is 1.40. The van der Waals surface area contributed by atoms with Gasteiger partial charge in [0.05, 0.1) is 6.10 Å². The molecule has 164 valence electrons. The minimum absolute atomic E-state index is 0.401. The fraction of sp³-hybridized carbons (Fsp3) is 0.542. The molecule has 1 aliphatic rings. The third-order valence-electron chi connectivity index (χ3n) is 5.30. The van der Waals surface area contributed by atoms with Gasteiger partial charge < -0.3 is 15.4 Å². The molecule has 0 atom stereocenters. The Bertz CT molecular complexity index is 712. The smallest absolute Gasteiger partial charge is 0.191 e. The quantitative estimate of drug-likeness (QED) is 0.324. The highest BCUT2D eigenvalue weighted by Gasteiger charge is 2.19. The first-order valence-corrected chi connectivity index (χ1v) is 12.1. The van der Waals surface area contributed by atoms with Gasteiger partial charge in [0.25, 0.3) is 0 Å². The molecule has 2 N–H and O–H groups in total. The first-order valence-electron chi connectivity index (χ1n) is 11.3. The van der Waals surface area contributed by atoms with Crippen molar-refractivity contribution in [2.45, 2.75) is 45.3 Å². The number of benzene rings is 1. The molecule has 0 radical (unpaired) electrons. The van der Waals surface area contributed by atoms with Gasteiger partial charge in [-0.05, 0) is 49.6 Å². The zero-order valence-corrected chi connectivity index (χ0v) is 19.0. The number of guanidine groups is 1. The van der Waals surface area contributed by atoms with Crippen LogP contribution in [-0.4, -0.2) is 56.3 Å². The number of likely N-dealkylation sites (tertiary alicyclic amines) is 1. The molecule has 0 bridgehead atoms. The van der Waals surface area contributed by atoms with Crippen LogP contribution >= 0.6 is 11.3 Å². The predicted molar refractivity (Wildman–Crippen MR) is 127 cm³/mol. The van der Waals surface area contributed by atoms with Gasteiger partial charge in [-0.15, -0.1) is 11.3 Å². The van der Waals surface area contributed by atoms with Crippen molar-refractivity contribution in [1.29, 1.82) is 0 Å². The van der Waals surface area contributed by atoms with Gasteiger partial charge in [-0.3, -0.25) is 9.89 Å². The largest absolute Gasteiger partial charge is 0.378 e. The molecule has 0 unspecified atom stereocenters. The lowest BCUT2D eigenvalue weighted by atomic mass is 10.1. The highest BCUT2D eigenvalue weighted by atomic mass is 32.1. The fourth-order valence-electron chi connectivity index (χ4n) is 3.68. The van der Waals surface area contributed by atoms with Crippen molar-refractivity contribution in [2.75, 3.05) is 39.3 Å². The summed E-state index contributed by atoms with van der Waals surface area (Å²) in [6, 6.07) is 15.0. The van der Waals surface area contributed by atoms with Gasteiger partial charge in [0.2, 0.25) is 0 Å².